The Bertz CT molecular complexity index is 642. The van der Waals surface area contributed by atoms with E-state index in [9.17, 15) is 4.79 Å². The van der Waals surface area contributed by atoms with Crippen LogP contribution < -0.4 is 10.6 Å². The van der Waals surface area contributed by atoms with E-state index in [0.717, 1.165) is 28.6 Å². The van der Waals surface area contributed by atoms with Gasteiger partial charge in [-0.2, -0.15) is 0 Å². The molecule has 3 N–H and O–H groups in total. The minimum Gasteiger partial charge on any atom is -0.496 e. The molecular formula is C12H14N4O3S. The number of nitrogens with zero attached hydrogens (tertiary/aromatic N) is 3. The van der Waals surface area contributed by atoms with Crippen molar-refractivity contribution >= 4 is 17.7 Å². The fraction of sp³-hybridized carbons (Fsp3) is 0.250. The van der Waals surface area contributed by atoms with Crippen molar-refractivity contribution in [1.29, 1.82) is 0 Å². The van der Waals surface area contributed by atoms with Crippen molar-refractivity contribution in [3.05, 3.63) is 23.8 Å². The van der Waals surface area contributed by atoms with E-state index in [0.29, 0.717) is 11.0 Å². The molecule has 0 fully saturated rings. The average Bonchev–Trinajstić information content (AvgIpc) is 2.78. The molecule has 0 aliphatic rings. The SMILES string of the molecule is COc1cc(-c2nnc(SCC(=O)O)n2N)ccc1C. The molecule has 0 aliphatic carbocycles. The number of carboxylic acid groups (broad SMARTS) is 1. The highest BCUT2D eigenvalue weighted by atomic mass is 32.2. The highest BCUT2D eigenvalue weighted by molar-refractivity contribution is 7.99. The van der Waals surface area contributed by atoms with Crippen LogP contribution in [0.4, 0.5) is 0 Å². The van der Waals surface area contributed by atoms with Crippen LogP contribution in [0, 0.1) is 6.92 Å². The van der Waals surface area contributed by atoms with Crippen LogP contribution in [0.15, 0.2) is 23.4 Å². The van der Waals surface area contributed by atoms with Crippen molar-refractivity contribution in [2.75, 3.05) is 18.7 Å². The van der Waals surface area contributed by atoms with Crippen LogP contribution >= 0.6 is 11.8 Å². The molecule has 8 heteroatoms. The van der Waals surface area contributed by atoms with Gasteiger partial charge in [-0.3, -0.25) is 4.79 Å². The molecule has 0 atom stereocenters. The zero-order chi connectivity index (χ0) is 14.7. The molecule has 106 valence electrons. The van der Waals surface area contributed by atoms with Gasteiger partial charge >= 0.3 is 5.97 Å². The summed E-state index contributed by atoms with van der Waals surface area (Å²) in [7, 11) is 1.59. The van der Waals surface area contributed by atoms with Gasteiger partial charge in [0.25, 0.3) is 0 Å². The summed E-state index contributed by atoms with van der Waals surface area (Å²) in [5.74, 6) is 6.02. The second kappa shape index (κ2) is 5.83. The summed E-state index contributed by atoms with van der Waals surface area (Å²) >= 11 is 1.02. The van der Waals surface area contributed by atoms with Crippen LogP contribution in [0.5, 0.6) is 5.75 Å². The number of methoxy groups -OCH3 is 1. The number of hydrogen-bond acceptors (Lipinski definition) is 6. The molecule has 0 saturated heterocycles. The number of aliphatic carboxylic acids is 1. The van der Waals surface area contributed by atoms with Crippen molar-refractivity contribution in [1.82, 2.24) is 14.9 Å². The molecule has 1 heterocycles. The van der Waals surface area contributed by atoms with Gasteiger partial charge in [-0.05, 0) is 18.6 Å². The maximum Gasteiger partial charge on any atom is 0.313 e. The summed E-state index contributed by atoms with van der Waals surface area (Å²) in [6, 6.07) is 5.57. The number of benzene rings is 1. The first-order valence-corrected chi connectivity index (χ1v) is 6.71. The molecule has 0 spiro atoms. The van der Waals surface area contributed by atoms with E-state index in [1.54, 1.807) is 7.11 Å². The zero-order valence-electron chi connectivity index (χ0n) is 11.0. The molecule has 20 heavy (non-hydrogen) atoms. The summed E-state index contributed by atoms with van der Waals surface area (Å²) in [6.45, 7) is 1.93. The lowest BCUT2D eigenvalue weighted by Crippen LogP contribution is -2.12. The van der Waals surface area contributed by atoms with E-state index in [-0.39, 0.29) is 5.75 Å². The Morgan fingerprint density at radius 1 is 1.50 bits per heavy atom. The van der Waals surface area contributed by atoms with E-state index in [1.807, 2.05) is 25.1 Å². The highest BCUT2D eigenvalue weighted by Crippen LogP contribution is 2.26. The van der Waals surface area contributed by atoms with Gasteiger partial charge in [-0.15, -0.1) is 10.2 Å². The number of rotatable bonds is 5. The largest absolute Gasteiger partial charge is 0.496 e. The molecule has 0 bridgehead atoms. The lowest BCUT2D eigenvalue weighted by molar-refractivity contribution is -0.133. The molecule has 1 aromatic carbocycles. The minimum absolute atomic E-state index is 0.118. The maximum absolute atomic E-state index is 10.5. The van der Waals surface area contributed by atoms with Crippen molar-refractivity contribution in [2.45, 2.75) is 12.1 Å². The monoisotopic (exact) mass is 294 g/mol. The first kappa shape index (κ1) is 14.2. The predicted octanol–water partition coefficient (Wildman–Crippen LogP) is 1.15. The van der Waals surface area contributed by atoms with E-state index in [2.05, 4.69) is 10.2 Å². The Kier molecular flexibility index (Phi) is 4.14. The number of nitrogens with two attached hydrogens (primary N) is 1. The quantitative estimate of drug-likeness (QED) is 0.629. The summed E-state index contributed by atoms with van der Waals surface area (Å²) in [5.41, 5.74) is 1.75. The van der Waals surface area contributed by atoms with Crippen LogP contribution in [-0.4, -0.2) is 38.8 Å². The molecule has 0 amide bonds. The fourth-order valence-corrected chi connectivity index (χ4v) is 2.23. The third-order valence-corrected chi connectivity index (χ3v) is 3.58. The van der Waals surface area contributed by atoms with Gasteiger partial charge in [0, 0.05) is 5.56 Å². The van der Waals surface area contributed by atoms with Crippen molar-refractivity contribution in [3.63, 3.8) is 0 Å². The number of aryl methyl sites for hydroxylation is 1. The van der Waals surface area contributed by atoms with E-state index >= 15 is 0 Å². The molecule has 7 nitrogen and oxygen atoms in total. The van der Waals surface area contributed by atoms with Gasteiger partial charge in [0.2, 0.25) is 5.16 Å². The summed E-state index contributed by atoms with van der Waals surface area (Å²) < 4.78 is 6.53. The second-order valence-corrected chi connectivity index (χ2v) is 4.99. The third-order valence-electron chi connectivity index (χ3n) is 2.66. The Balaban J connectivity index is 2.31. The van der Waals surface area contributed by atoms with Crippen molar-refractivity contribution in [3.8, 4) is 17.1 Å². The molecule has 1 aromatic heterocycles. The molecule has 2 aromatic rings. The van der Waals surface area contributed by atoms with Gasteiger partial charge in [-0.1, -0.05) is 23.9 Å². The number of carboxylic acids is 1. The number of hydrogen-bond donors (Lipinski definition) is 2. The molecule has 2 rings (SSSR count). The number of thioether (sulfide) groups is 1. The van der Waals surface area contributed by atoms with Gasteiger partial charge in [-0.25, -0.2) is 4.68 Å². The van der Waals surface area contributed by atoms with Crippen LogP contribution in [0.2, 0.25) is 0 Å². The Hall–Kier alpha value is -2.22. The van der Waals surface area contributed by atoms with E-state index in [1.165, 1.54) is 4.68 Å². The number of carbonyl (C=O) groups is 1. The first-order valence-electron chi connectivity index (χ1n) is 5.73. The normalized spacial score (nSPS) is 10.5. The standard InChI is InChI=1S/C12H14N4O3S/c1-7-3-4-8(5-9(7)19-2)11-14-15-12(16(11)13)20-6-10(17)18/h3-5H,6,13H2,1-2H3,(H,17,18). The first-order chi connectivity index (χ1) is 9.52. The predicted molar refractivity (Wildman–Crippen MR) is 75.3 cm³/mol. The average molecular weight is 294 g/mol. The zero-order valence-corrected chi connectivity index (χ0v) is 11.8. The van der Waals surface area contributed by atoms with Gasteiger partial charge in [0.05, 0.1) is 12.9 Å². The lowest BCUT2D eigenvalue weighted by Gasteiger charge is -2.07. The lowest BCUT2D eigenvalue weighted by atomic mass is 10.1. The number of aromatic nitrogens is 3. The van der Waals surface area contributed by atoms with E-state index in [4.69, 9.17) is 15.7 Å². The Morgan fingerprint density at radius 2 is 2.25 bits per heavy atom. The van der Waals surface area contributed by atoms with E-state index < -0.39 is 5.97 Å². The molecule has 0 saturated carbocycles. The molecular weight excluding hydrogens is 280 g/mol. The second-order valence-electron chi connectivity index (χ2n) is 4.04. The summed E-state index contributed by atoms with van der Waals surface area (Å²) in [6.07, 6.45) is 0. The van der Waals surface area contributed by atoms with Gasteiger partial charge in [0.1, 0.15) is 5.75 Å². The number of nitrogen functional groups attached to an aromatic ring is 1. The summed E-state index contributed by atoms with van der Waals surface area (Å²) in [4.78, 5) is 10.5. The number of ether oxygens (including phenoxy) is 1. The fourth-order valence-electron chi connectivity index (χ4n) is 1.66. The Morgan fingerprint density at radius 3 is 2.90 bits per heavy atom. The maximum atomic E-state index is 10.5. The van der Waals surface area contributed by atoms with Gasteiger partial charge in [0.15, 0.2) is 5.82 Å². The molecule has 0 unspecified atom stereocenters. The third kappa shape index (κ3) is 2.85. The van der Waals surface area contributed by atoms with Gasteiger partial charge < -0.3 is 15.7 Å². The highest BCUT2D eigenvalue weighted by Gasteiger charge is 2.14. The van der Waals surface area contributed by atoms with Crippen molar-refractivity contribution in [2.24, 2.45) is 0 Å². The van der Waals surface area contributed by atoms with Crippen LogP contribution in [0.1, 0.15) is 5.56 Å². The van der Waals surface area contributed by atoms with Crippen LogP contribution in [0.3, 0.4) is 0 Å². The topological polar surface area (TPSA) is 103 Å². The Labute approximate surface area is 119 Å². The smallest absolute Gasteiger partial charge is 0.313 e. The van der Waals surface area contributed by atoms with Crippen LogP contribution in [0.25, 0.3) is 11.4 Å². The summed E-state index contributed by atoms with van der Waals surface area (Å²) in [5, 5.41) is 16.9. The molecule has 0 radical (unpaired) electrons. The minimum atomic E-state index is -0.934. The molecule has 0 aliphatic heterocycles. The van der Waals surface area contributed by atoms with Crippen molar-refractivity contribution < 1.29 is 14.6 Å². The van der Waals surface area contributed by atoms with Crippen LogP contribution in [-0.2, 0) is 4.79 Å².